The zero-order chi connectivity index (χ0) is 18.4. The Morgan fingerprint density at radius 1 is 1.31 bits per heavy atom. The second kappa shape index (κ2) is 10.3. The number of aromatic nitrogens is 1. The lowest BCUT2D eigenvalue weighted by molar-refractivity contribution is 0.463. The molecule has 0 bridgehead atoms. The number of rotatable bonds is 6. The maximum Gasteiger partial charge on any atom is 0.193 e. The summed E-state index contributed by atoms with van der Waals surface area (Å²) in [7, 11) is 2.29. The molecule has 0 unspecified atom stereocenters. The third kappa shape index (κ3) is 6.27. The summed E-state index contributed by atoms with van der Waals surface area (Å²) in [6.07, 6.45) is 1.99. The van der Waals surface area contributed by atoms with E-state index in [9.17, 15) is 8.42 Å². The van der Waals surface area contributed by atoms with E-state index in [1.54, 1.807) is 37.4 Å². The molecule has 26 heavy (non-hydrogen) atoms. The van der Waals surface area contributed by atoms with Gasteiger partial charge in [-0.05, 0) is 34.1 Å². The summed E-state index contributed by atoms with van der Waals surface area (Å²) in [6.45, 7) is 0.957. The molecule has 0 aliphatic carbocycles. The van der Waals surface area contributed by atoms with Gasteiger partial charge in [0.15, 0.2) is 15.8 Å². The van der Waals surface area contributed by atoms with E-state index in [4.69, 9.17) is 0 Å². The van der Waals surface area contributed by atoms with Gasteiger partial charge in [-0.1, -0.05) is 18.2 Å². The summed E-state index contributed by atoms with van der Waals surface area (Å²) < 4.78 is 27.7. The standard InChI is InChI=1S/C17H23BrN4O2S.HI/c1-19-17(22(3)13-15-11-14(18)12-21(15)2)20-9-10-25(23,24)16-7-5-4-6-8-16;/h4-8,11-12H,9-10,13H2,1-3H3,(H,19,20);1H. The highest BCUT2D eigenvalue weighted by Crippen LogP contribution is 2.15. The second-order valence-electron chi connectivity index (χ2n) is 5.72. The van der Waals surface area contributed by atoms with E-state index in [0.717, 1.165) is 10.2 Å². The molecule has 9 heteroatoms. The molecule has 0 spiro atoms. The van der Waals surface area contributed by atoms with Crippen LogP contribution in [0.5, 0.6) is 0 Å². The Balaban J connectivity index is 0.00000338. The topological polar surface area (TPSA) is 66.7 Å². The average molecular weight is 555 g/mol. The van der Waals surface area contributed by atoms with Crippen LogP contribution >= 0.6 is 39.9 Å². The quantitative estimate of drug-likeness (QED) is 0.339. The van der Waals surface area contributed by atoms with Crippen molar-refractivity contribution in [2.75, 3.05) is 26.4 Å². The maximum absolute atomic E-state index is 12.3. The van der Waals surface area contributed by atoms with Gasteiger partial charge in [-0.15, -0.1) is 24.0 Å². The molecule has 2 rings (SSSR count). The van der Waals surface area contributed by atoms with Crippen molar-refractivity contribution in [2.45, 2.75) is 11.4 Å². The molecule has 0 aliphatic heterocycles. The van der Waals surface area contributed by atoms with Crippen molar-refractivity contribution in [1.82, 2.24) is 14.8 Å². The number of halogens is 2. The first-order valence-corrected chi connectivity index (χ1v) is 10.3. The monoisotopic (exact) mass is 554 g/mol. The fraction of sp³-hybridized carbons (Fsp3) is 0.353. The van der Waals surface area contributed by atoms with Crippen LogP contribution in [0.1, 0.15) is 5.69 Å². The van der Waals surface area contributed by atoms with Crippen molar-refractivity contribution in [3.8, 4) is 0 Å². The molecule has 1 heterocycles. The molecule has 144 valence electrons. The van der Waals surface area contributed by atoms with Gasteiger partial charge < -0.3 is 14.8 Å². The minimum absolute atomic E-state index is 0. The first kappa shape index (κ1) is 23.0. The maximum atomic E-state index is 12.3. The molecule has 0 saturated carbocycles. The Hall–Kier alpha value is -1.07. The first-order chi connectivity index (χ1) is 11.8. The fourth-order valence-corrected chi connectivity index (χ4v) is 4.22. The summed E-state index contributed by atoms with van der Waals surface area (Å²) in [5.41, 5.74) is 1.12. The Kier molecular flexibility index (Phi) is 9.11. The molecule has 0 atom stereocenters. The SMILES string of the molecule is CN=C(NCCS(=O)(=O)c1ccccc1)N(C)Cc1cc(Br)cn1C.I. The van der Waals surface area contributed by atoms with Gasteiger partial charge >= 0.3 is 0 Å². The second-order valence-corrected chi connectivity index (χ2v) is 8.75. The summed E-state index contributed by atoms with van der Waals surface area (Å²) in [4.78, 5) is 6.53. The third-order valence-electron chi connectivity index (χ3n) is 3.80. The molecule has 2 aromatic rings. The number of guanidine groups is 1. The van der Waals surface area contributed by atoms with E-state index in [0.29, 0.717) is 23.9 Å². The Labute approximate surface area is 180 Å². The van der Waals surface area contributed by atoms with Gasteiger partial charge in [-0.3, -0.25) is 4.99 Å². The lowest BCUT2D eigenvalue weighted by Crippen LogP contribution is -2.40. The van der Waals surface area contributed by atoms with E-state index >= 15 is 0 Å². The molecular formula is C17H24BrIN4O2S. The van der Waals surface area contributed by atoms with Crippen LogP contribution < -0.4 is 5.32 Å². The van der Waals surface area contributed by atoms with Crippen LogP contribution in [0.25, 0.3) is 0 Å². The zero-order valence-electron chi connectivity index (χ0n) is 15.0. The van der Waals surface area contributed by atoms with Crippen LogP contribution in [0.15, 0.2) is 57.0 Å². The van der Waals surface area contributed by atoms with Crippen molar-refractivity contribution < 1.29 is 8.42 Å². The van der Waals surface area contributed by atoms with Crippen LogP contribution in [0.4, 0.5) is 0 Å². The molecule has 1 aromatic carbocycles. The molecule has 1 N–H and O–H groups in total. The third-order valence-corrected chi connectivity index (χ3v) is 5.97. The Morgan fingerprint density at radius 3 is 2.50 bits per heavy atom. The molecule has 0 saturated heterocycles. The summed E-state index contributed by atoms with van der Waals surface area (Å²) >= 11 is 3.46. The lowest BCUT2D eigenvalue weighted by Gasteiger charge is -2.22. The van der Waals surface area contributed by atoms with Crippen LogP contribution in [0, 0.1) is 0 Å². The Morgan fingerprint density at radius 2 is 1.96 bits per heavy atom. The smallest absolute Gasteiger partial charge is 0.193 e. The summed E-state index contributed by atoms with van der Waals surface area (Å²) in [6, 6.07) is 10.5. The van der Waals surface area contributed by atoms with Crippen molar-refractivity contribution in [2.24, 2.45) is 12.0 Å². The van der Waals surface area contributed by atoms with Gasteiger partial charge in [0, 0.05) is 44.1 Å². The number of hydrogen-bond donors (Lipinski definition) is 1. The summed E-state index contributed by atoms with van der Waals surface area (Å²) in [5, 5.41) is 3.12. The normalized spacial score (nSPS) is 11.8. The molecular weight excluding hydrogens is 531 g/mol. The lowest BCUT2D eigenvalue weighted by atomic mass is 10.4. The van der Waals surface area contributed by atoms with Crippen molar-refractivity contribution in [3.05, 3.63) is 52.8 Å². The highest BCUT2D eigenvalue weighted by atomic mass is 127. The van der Waals surface area contributed by atoms with E-state index in [2.05, 4.69) is 26.2 Å². The van der Waals surface area contributed by atoms with Gasteiger partial charge in [-0.25, -0.2) is 8.42 Å². The zero-order valence-corrected chi connectivity index (χ0v) is 19.7. The highest BCUT2D eigenvalue weighted by Gasteiger charge is 2.15. The molecule has 6 nitrogen and oxygen atoms in total. The number of benzene rings is 1. The number of hydrogen-bond acceptors (Lipinski definition) is 3. The van der Waals surface area contributed by atoms with Crippen molar-refractivity contribution in [1.29, 1.82) is 0 Å². The molecule has 0 radical (unpaired) electrons. The number of nitrogens with zero attached hydrogens (tertiary/aromatic N) is 3. The predicted molar refractivity (Wildman–Crippen MR) is 120 cm³/mol. The molecule has 0 amide bonds. The Bertz CT molecular complexity index is 838. The van der Waals surface area contributed by atoms with Crippen molar-refractivity contribution >= 4 is 55.7 Å². The van der Waals surface area contributed by atoms with Gasteiger partial charge in [0.05, 0.1) is 17.2 Å². The van der Waals surface area contributed by atoms with Gasteiger partial charge in [0.1, 0.15) is 0 Å². The van der Waals surface area contributed by atoms with E-state index in [-0.39, 0.29) is 29.7 Å². The number of aliphatic imine (C=N–C) groups is 1. The van der Waals surface area contributed by atoms with Gasteiger partial charge in [0.2, 0.25) is 0 Å². The van der Waals surface area contributed by atoms with Gasteiger partial charge in [0.25, 0.3) is 0 Å². The van der Waals surface area contributed by atoms with Crippen LogP contribution in [-0.4, -0.2) is 50.2 Å². The fourth-order valence-electron chi connectivity index (χ4n) is 2.47. The minimum atomic E-state index is -3.30. The van der Waals surface area contributed by atoms with Crippen molar-refractivity contribution in [3.63, 3.8) is 0 Å². The molecule has 0 fully saturated rings. The van der Waals surface area contributed by atoms with Crippen LogP contribution in [0.3, 0.4) is 0 Å². The first-order valence-electron chi connectivity index (χ1n) is 7.84. The van der Waals surface area contributed by atoms with Crippen LogP contribution in [-0.2, 0) is 23.4 Å². The van der Waals surface area contributed by atoms with E-state index < -0.39 is 9.84 Å². The highest BCUT2D eigenvalue weighted by molar-refractivity contribution is 14.0. The number of aryl methyl sites for hydroxylation is 1. The number of nitrogens with one attached hydrogen (secondary N) is 1. The van der Waals surface area contributed by atoms with Gasteiger partial charge in [-0.2, -0.15) is 0 Å². The summed E-state index contributed by atoms with van der Waals surface area (Å²) in [5.74, 6) is 0.667. The van der Waals surface area contributed by atoms with Crippen LogP contribution in [0.2, 0.25) is 0 Å². The minimum Gasteiger partial charge on any atom is -0.355 e. The predicted octanol–water partition coefficient (Wildman–Crippen LogP) is 2.89. The number of sulfone groups is 1. The largest absolute Gasteiger partial charge is 0.355 e. The average Bonchev–Trinajstić information content (AvgIpc) is 2.89. The molecule has 1 aromatic heterocycles. The molecule has 0 aliphatic rings. The van der Waals surface area contributed by atoms with E-state index in [1.807, 2.05) is 35.8 Å². The van der Waals surface area contributed by atoms with E-state index in [1.165, 1.54) is 0 Å².